The number of anilines is 1. The molecule has 3 rings (SSSR count). The van der Waals surface area contributed by atoms with Crippen LogP contribution in [-0.2, 0) is 13.5 Å². The van der Waals surface area contributed by atoms with Gasteiger partial charge in [-0.15, -0.1) is 0 Å². The van der Waals surface area contributed by atoms with Gasteiger partial charge in [0.25, 0.3) is 0 Å². The molecule has 2 heterocycles. The fourth-order valence-electron chi connectivity index (χ4n) is 2.99. The Hall–Kier alpha value is -3.46. The molecule has 158 valence electrons. The van der Waals surface area contributed by atoms with Gasteiger partial charge in [0, 0.05) is 38.0 Å². The van der Waals surface area contributed by atoms with Crippen molar-refractivity contribution in [2.75, 3.05) is 11.4 Å². The van der Waals surface area contributed by atoms with E-state index in [2.05, 4.69) is 10.2 Å². The van der Waals surface area contributed by atoms with E-state index in [-0.39, 0.29) is 18.4 Å². The summed E-state index contributed by atoms with van der Waals surface area (Å²) < 4.78 is 3.23. The highest BCUT2D eigenvalue weighted by Crippen LogP contribution is 2.20. The third-order valence-corrected chi connectivity index (χ3v) is 4.61. The number of benzene rings is 1. The molecular weight excluding hydrogens is 386 g/mol. The summed E-state index contributed by atoms with van der Waals surface area (Å²) in [5.74, 6) is 0. The number of aliphatic hydroxyl groups is 1. The van der Waals surface area contributed by atoms with Crippen LogP contribution in [0.5, 0.6) is 0 Å². The first-order valence-electron chi connectivity index (χ1n) is 9.52. The molecule has 2 aromatic heterocycles. The van der Waals surface area contributed by atoms with Crippen molar-refractivity contribution < 1.29 is 15.0 Å². The molecule has 30 heavy (non-hydrogen) atoms. The average Bonchev–Trinajstić information content (AvgIpc) is 3.09. The largest absolute Gasteiger partial charge is 0.465 e. The third kappa shape index (κ3) is 5.32. The second kappa shape index (κ2) is 8.50. The minimum Gasteiger partial charge on any atom is -0.465 e. The van der Waals surface area contributed by atoms with Crippen LogP contribution in [0.25, 0.3) is 5.69 Å². The lowest BCUT2D eigenvalue weighted by molar-refractivity contribution is 0.0731. The van der Waals surface area contributed by atoms with E-state index in [0.717, 1.165) is 11.3 Å². The summed E-state index contributed by atoms with van der Waals surface area (Å²) in [5, 5.41) is 28.0. The molecule has 9 heteroatoms. The van der Waals surface area contributed by atoms with Crippen LogP contribution in [0.15, 0.2) is 53.7 Å². The number of aromatic nitrogens is 4. The topological polar surface area (TPSA) is 113 Å². The molecule has 0 atom stereocenters. The van der Waals surface area contributed by atoms with Gasteiger partial charge in [0.1, 0.15) is 11.4 Å². The van der Waals surface area contributed by atoms with Gasteiger partial charge < -0.3 is 10.2 Å². The first-order valence-corrected chi connectivity index (χ1v) is 9.52. The first kappa shape index (κ1) is 21.3. The van der Waals surface area contributed by atoms with Gasteiger partial charge in [-0.1, -0.05) is 12.1 Å². The molecule has 0 spiro atoms. The number of hydrogen-bond acceptors (Lipinski definition) is 5. The Bertz CT molecular complexity index is 1100. The van der Waals surface area contributed by atoms with Crippen LogP contribution in [0.1, 0.15) is 31.5 Å². The number of amides is 1. The first-order chi connectivity index (χ1) is 14.1. The van der Waals surface area contributed by atoms with Crippen LogP contribution < -0.4 is 10.3 Å². The van der Waals surface area contributed by atoms with Crippen LogP contribution in [0.3, 0.4) is 0 Å². The fourth-order valence-corrected chi connectivity index (χ4v) is 2.99. The van der Waals surface area contributed by atoms with Crippen molar-refractivity contribution in [3.63, 3.8) is 0 Å². The van der Waals surface area contributed by atoms with E-state index in [0.29, 0.717) is 17.8 Å². The minimum atomic E-state index is -1.10. The monoisotopic (exact) mass is 411 g/mol. The third-order valence-electron chi connectivity index (χ3n) is 4.61. The summed E-state index contributed by atoms with van der Waals surface area (Å²) in [5.41, 5.74) is 1.14. The van der Waals surface area contributed by atoms with E-state index < -0.39 is 11.7 Å². The van der Waals surface area contributed by atoms with Crippen molar-refractivity contribution in [3.8, 4) is 5.69 Å². The molecule has 0 unspecified atom stereocenters. The minimum absolute atomic E-state index is 0.152. The van der Waals surface area contributed by atoms with Gasteiger partial charge in [-0.25, -0.2) is 9.48 Å². The Morgan fingerprint density at radius 2 is 2.03 bits per heavy atom. The Labute approximate surface area is 173 Å². The molecule has 0 bridgehead atoms. The highest BCUT2D eigenvalue weighted by molar-refractivity contribution is 5.86. The van der Waals surface area contributed by atoms with Gasteiger partial charge in [0.05, 0.1) is 18.0 Å². The van der Waals surface area contributed by atoms with Gasteiger partial charge in [0.15, 0.2) is 0 Å². The molecule has 3 aromatic rings. The standard InChI is InChI=1S/C21H25N5O4/c1-21(2,30)8-10-25(20(28)29)16-6-4-5-15(11-16)12-18-19(27)7-9-26(23-18)17-13-22-24(3)14-17/h4-7,9,11,13-14,30H,8,10,12H2,1-3H3,(H,28,29). The van der Waals surface area contributed by atoms with Gasteiger partial charge in [0.2, 0.25) is 5.43 Å². The quantitative estimate of drug-likeness (QED) is 0.616. The van der Waals surface area contributed by atoms with Crippen molar-refractivity contribution >= 4 is 11.8 Å². The molecule has 0 aliphatic heterocycles. The lowest BCUT2D eigenvalue weighted by Crippen LogP contribution is -2.34. The van der Waals surface area contributed by atoms with Crippen LogP contribution in [0, 0.1) is 0 Å². The zero-order chi connectivity index (χ0) is 21.9. The van der Waals surface area contributed by atoms with E-state index in [4.69, 9.17) is 0 Å². The number of carboxylic acid groups (broad SMARTS) is 1. The molecule has 2 N–H and O–H groups in total. The number of carbonyl (C=O) groups is 1. The van der Waals surface area contributed by atoms with E-state index in [9.17, 15) is 19.8 Å². The van der Waals surface area contributed by atoms with E-state index in [1.807, 2.05) is 6.07 Å². The Kier molecular flexibility index (Phi) is 6.02. The number of nitrogens with zero attached hydrogens (tertiary/aromatic N) is 5. The molecule has 1 aromatic carbocycles. The zero-order valence-corrected chi connectivity index (χ0v) is 17.2. The maximum Gasteiger partial charge on any atom is 0.411 e. The van der Waals surface area contributed by atoms with Gasteiger partial charge in [-0.2, -0.15) is 10.2 Å². The number of hydrogen-bond donors (Lipinski definition) is 2. The van der Waals surface area contributed by atoms with Crippen LogP contribution in [0.4, 0.5) is 10.5 Å². The second-order valence-electron chi connectivity index (χ2n) is 7.79. The summed E-state index contributed by atoms with van der Waals surface area (Å²) >= 11 is 0. The highest BCUT2D eigenvalue weighted by Gasteiger charge is 2.20. The van der Waals surface area contributed by atoms with Crippen molar-refractivity contribution in [2.45, 2.75) is 32.3 Å². The predicted octanol–water partition coefficient (Wildman–Crippen LogP) is 2.20. The Balaban J connectivity index is 1.86. The molecule has 1 amide bonds. The zero-order valence-electron chi connectivity index (χ0n) is 17.2. The Morgan fingerprint density at radius 3 is 2.67 bits per heavy atom. The summed E-state index contributed by atoms with van der Waals surface area (Å²) in [6.07, 6.45) is 4.46. The molecule has 9 nitrogen and oxygen atoms in total. The van der Waals surface area contributed by atoms with Gasteiger partial charge in [-0.05, 0) is 38.0 Å². The van der Waals surface area contributed by atoms with Crippen molar-refractivity contribution in [1.29, 1.82) is 0 Å². The normalized spacial score (nSPS) is 11.5. The van der Waals surface area contributed by atoms with Crippen LogP contribution in [0.2, 0.25) is 0 Å². The Morgan fingerprint density at radius 1 is 1.27 bits per heavy atom. The van der Waals surface area contributed by atoms with Crippen molar-refractivity contribution in [2.24, 2.45) is 7.05 Å². The molecule has 0 fully saturated rings. The summed E-state index contributed by atoms with van der Waals surface area (Å²) in [6, 6.07) is 8.43. The second-order valence-corrected chi connectivity index (χ2v) is 7.79. The predicted molar refractivity (Wildman–Crippen MR) is 112 cm³/mol. The van der Waals surface area contributed by atoms with E-state index in [1.54, 1.807) is 67.0 Å². The molecule has 0 saturated carbocycles. The van der Waals surface area contributed by atoms with E-state index >= 15 is 0 Å². The lowest BCUT2D eigenvalue weighted by atomic mass is 10.0. The smallest absolute Gasteiger partial charge is 0.411 e. The average molecular weight is 411 g/mol. The SMILES string of the molecule is Cn1cc(-n2ccc(=O)c(Cc3cccc(N(CCC(C)(C)O)C(=O)O)c3)n2)cn1. The molecule has 0 aliphatic carbocycles. The van der Waals surface area contributed by atoms with Gasteiger partial charge >= 0.3 is 6.09 Å². The van der Waals surface area contributed by atoms with Crippen LogP contribution >= 0.6 is 0 Å². The lowest BCUT2D eigenvalue weighted by Gasteiger charge is -2.24. The number of rotatable bonds is 7. The maximum absolute atomic E-state index is 12.3. The summed E-state index contributed by atoms with van der Waals surface area (Å²) in [7, 11) is 1.80. The molecule has 0 aliphatic rings. The summed E-state index contributed by atoms with van der Waals surface area (Å²) in [6.45, 7) is 3.43. The fraction of sp³-hybridized carbons (Fsp3) is 0.333. The highest BCUT2D eigenvalue weighted by atomic mass is 16.4. The van der Waals surface area contributed by atoms with Crippen molar-refractivity contribution in [3.05, 3.63) is 70.4 Å². The van der Waals surface area contributed by atoms with Gasteiger partial charge in [-0.3, -0.25) is 14.4 Å². The molecular formula is C21H25N5O4. The van der Waals surface area contributed by atoms with Crippen molar-refractivity contribution in [1.82, 2.24) is 19.6 Å². The van der Waals surface area contributed by atoms with Crippen LogP contribution in [-0.4, -0.2) is 48.0 Å². The number of aryl methyl sites for hydroxylation is 1. The molecule has 0 saturated heterocycles. The maximum atomic E-state index is 12.3. The molecule has 0 radical (unpaired) electrons. The summed E-state index contributed by atoms with van der Waals surface area (Å²) in [4.78, 5) is 25.2. The van der Waals surface area contributed by atoms with E-state index in [1.165, 1.54) is 11.0 Å².